The zero-order valence-electron chi connectivity index (χ0n) is 22.3. The molecule has 2 aromatic carbocycles. The Labute approximate surface area is 232 Å². The van der Waals surface area contributed by atoms with Crippen LogP contribution in [0.15, 0.2) is 60.8 Å². The molecule has 2 aliphatic rings. The van der Waals surface area contributed by atoms with Gasteiger partial charge < -0.3 is 23.8 Å². The van der Waals surface area contributed by atoms with Crippen LogP contribution >= 0.6 is 0 Å². The summed E-state index contributed by atoms with van der Waals surface area (Å²) in [6.45, 7) is 3.56. The number of esters is 2. The number of carbonyl (C=O) groups excluding carboxylic acids is 3. The normalized spacial score (nSPS) is 15.2. The van der Waals surface area contributed by atoms with E-state index in [-0.39, 0.29) is 24.4 Å². The number of nitrogens with zero attached hydrogens (tertiary/aromatic N) is 3. The minimum absolute atomic E-state index is 0.199. The summed E-state index contributed by atoms with van der Waals surface area (Å²) in [5.74, 6) is -0.0505. The van der Waals surface area contributed by atoms with Gasteiger partial charge in [0.05, 0.1) is 18.2 Å². The zero-order valence-corrected chi connectivity index (χ0v) is 22.3. The lowest BCUT2D eigenvalue weighted by Gasteiger charge is -2.30. The van der Waals surface area contributed by atoms with Crippen molar-refractivity contribution in [1.29, 1.82) is 0 Å². The van der Waals surface area contributed by atoms with Gasteiger partial charge in [-0.3, -0.25) is 9.59 Å². The lowest BCUT2D eigenvalue weighted by atomic mass is 9.97. The maximum atomic E-state index is 12.6. The minimum atomic E-state index is -0.643. The fraction of sp³-hybridized carbons (Fsp3) is 0.333. The number of likely N-dealkylation sites (tertiary alicyclic amines) is 1. The molecule has 0 bridgehead atoms. The van der Waals surface area contributed by atoms with Crippen LogP contribution in [0.25, 0.3) is 23.0 Å². The number of aromatic nitrogens is 2. The van der Waals surface area contributed by atoms with Gasteiger partial charge in [-0.2, -0.15) is 5.10 Å². The third-order valence-corrected chi connectivity index (χ3v) is 6.78. The molecule has 0 unspecified atom stereocenters. The molecule has 0 radical (unpaired) electrons. The van der Waals surface area contributed by atoms with Crippen molar-refractivity contribution in [2.75, 3.05) is 39.5 Å². The molecule has 3 heterocycles. The van der Waals surface area contributed by atoms with Gasteiger partial charge in [0.2, 0.25) is 0 Å². The van der Waals surface area contributed by atoms with E-state index in [1.807, 2.05) is 54.7 Å². The Hall–Kier alpha value is -4.60. The van der Waals surface area contributed by atoms with Crippen LogP contribution < -0.4 is 9.47 Å². The topological polar surface area (TPSA) is 109 Å². The highest BCUT2D eigenvalue weighted by Crippen LogP contribution is 2.35. The van der Waals surface area contributed by atoms with Gasteiger partial charge in [0.1, 0.15) is 18.9 Å². The van der Waals surface area contributed by atoms with E-state index in [0.29, 0.717) is 68.5 Å². The number of piperidine rings is 1. The number of rotatable bonds is 8. The van der Waals surface area contributed by atoms with Crippen LogP contribution in [0.1, 0.15) is 25.3 Å². The molecule has 0 spiro atoms. The molecule has 1 aromatic heterocycles. The van der Waals surface area contributed by atoms with E-state index in [1.54, 1.807) is 22.6 Å². The molecule has 1 fully saturated rings. The fourth-order valence-corrected chi connectivity index (χ4v) is 4.69. The summed E-state index contributed by atoms with van der Waals surface area (Å²) in [6, 6.07) is 15.2. The van der Waals surface area contributed by atoms with Crippen molar-refractivity contribution in [3.05, 3.63) is 66.4 Å². The molecule has 5 rings (SSSR count). The van der Waals surface area contributed by atoms with E-state index in [0.717, 1.165) is 11.3 Å². The van der Waals surface area contributed by atoms with Crippen molar-refractivity contribution >= 4 is 23.9 Å². The average Bonchev–Trinajstić information content (AvgIpc) is 3.43. The van der Waals surface area contributed by atoms with E-state index >= 15 is 0 Å². The van der Waals surface area contributed by atoms with Crippen LogP contribution in [0.5, 0.6) is 11.5 Å². The molecule has 1 amide bonds. The number of carbonyl (C=O) groups is 3. The lowest BCUT2D eigenvalue weighted by molar-refractivity contribution is -0.153. The van der Waals surface area contributed by atoms with Crippen LogP contribution in [-0.2, 0) is 23.9 Å². The molecule has 208 valence electrons. The van der Waals surface area contributed by atoms with Crippen LogP contribution in [0.4, 0.5) is 0 Å². The van der Waals surface area contributed by atoms with Gasteiger partial charge in [0, 0.05) is 36.5 Å². The number of amides is 1. The smallest absolute Gasteiger partial charge is 0.331 e. The van der Waals surface area contributed by atoms with Gasteiger partial charge in [-0.25, -0.2) is 9.48 Å². The SMILES string of the molecule is CCOC(=O)C1CCN(C(=O)COC(=O)/C=C/c2cn(-c3ccccc3)nc2-c2ccc3c(c2)OCCO3)CC1. The van der Waals surface area contributed by atoms with E-state index in [4.69, 9.17) is 24.0 Å². The molecule has 40 heavy (non-hydrogen) atoms. The fourth-order valence-electron chi connectivity index (χ4n) is 4.69. The Balaban J connectivity index is 1.25. The monoisotopic (exact) mass is 545 g/mol. The molecular formula is C30H31N3O7. The summed E-state index contributed by atoms with van der Waals surface area (Å²) in [7, 11) is 0. The molecule has 10 heteroatoms. The van der Waals surface area contributed by atoms with E-state index in [9.17, 15) is 14.4 Å². The van der Waals surface area contributed by atoms with Crippen molar-refractivity contribution in [3.63, 3.8) is 0 Å². The van der Waals surface area contributed by atoms with Crippen LogP contribution in [0.3, 0.4) is 0 Å². The van der Waals surface area contributed by atoms with Crippen molar-refractivity contribution in [3.8, 4) is 28.4 Å². The van der Waals surface area contributed by atoms with E-state index in [1.165, 1.54) is 6.08 Å². The van der Waals surface area contributed by atoms with Crippen molar-refractivity contribution in [2.24, 2.45) is 5.92 Å². The largest absolute Gasteiger partial charge is 0.486 e. The maximum absolute atomic E-state index is 12.6. The highest BCUT2D eigenvalue weighted by molar-refractivity contribution is 5.90. The number of ether oxygens (including phenoxy) is 4. The number of fused-ring (bicyclic) bond motifs is 1. The summed E-state index contributed by atoms with van der Waals surface area (Å²) < 4.78 is 23.4. The number of para-hydroxylation sites is 1. The summed E-state index contributed by atoms with van der Waals surface area (Å²) >= 11 is 0. The first kappa shape index (κ1) is 27.0. The van der Waals surface area contributed by atoms with Crippen molar-refractivity contribution in [2.45, 2.75) is 19.8 Å². The third kappa shape index (κ3) is 6.33. The second kappa shape index (κ2) is 12.5. The van der Waals surface area contributed by atoms with Crippen LogP contribution in [0, 0.1) is 5.92 Å². The molecule has 0 atom stereocenters. The first-order valence-electron chi connectivity index (χ1n) is 13.4. The summed E-state index contributed by atoms with van der Waals surface area (Å²) in [5, 5.41) is 4.77. The van der Waals surface area contributed by atoms with Crippen LogP contribution in [-0.4, -0.2) is 72.0 Å². The Kier molecular flexibility index (Phi) is 8.44. The summed E-state index contributed by atoms with van der Waals surface area (Å²) in [6.07, 6.45) is 5.80. The minimum Gasteiger partial charge on any atom is -0.486 e. The summed E-state index contributed by atoms with van der Waals surface area (Å²) in [4.78, 5) is 38.6. The second-order valence-corrected chi connectivity index (χ2v) is 9.42. The highest BCUT2D eigenvalue weighted by atomic mass is 16.6. The molecule has 10 nitrogen and oxygen atoms in total. The molecule has 2 aliphatic heterocycles. The Morgan fingerprint density at radius 2 is 1.75 bits per heavy atom. The first-order valence-corrected chi connectivity index (χ1v) is 13.4. The highest BCUT2D eigenvalue weighted by Gasteiger charge is 2.28. The van der Waals surface area contributed by atoms with Gasteiger partial charge in [-0.05, 0) is 56.2 Å². The van der Waals surface area contributed by atoms with Crippen LogP contribution in [0.2, 0.25) is 0 Å². The molecule has 0 N–H and O–H groups in total. The summed E-state index contributed by atoms with van der Waals surface area (Å²) in [5.41, 5.74) is 2.99. The molecule has 3 aromatic rings. The number of hydrogen-bond donors (Lipinski definition) is 0. The number of benzene rings is 2. The lowest BCUT2D eigenvalue weighted by Crippen LogP contribution is -2.42. The van der Waals surface area contributed by atoms with Gasteiger partial charge in [-0.1, -0.05) is 18.2 Å². The molecule has 0 saturated carbocycles. The Bertz CT molecular complexity index is 1390. The third-order valence-electron chi connectivity index (χ3n) is 6.78. The second-order valence-electron chi connectivity index (χ2n) is 9.42. The quantitative estimate of drug-likeness (QED) is 0.312. The van der Waals surface area contributed by atoms with Crippen molar-refractivity contribution in [1.82, 2.24) is 14.7 Å². The molecule has 0 aliphatic carbocycles. The van der Waals surface area contributed by atoms with E-state index < -0.39 is 5.97 Å². The zero-order chi connectivity index (χ0) is 27.9. The predicted molar refractivity (Wildman–Crippen MR) is 146 cm³/mol. The van der Waals surface area contributed by atoms with Crippen molar-refractivity contribution < 1.29 is 33.3 Å². The van der Waals surface area contributed by atoms with Gasteiger partial charge in [0.25, 0.3) is 5.91 Å². The standard InChI is InChI=1S/C30H31N3O7/c1-2-37-30(36)21-12-14-32(15-13-21)27(34)20-40-28(35)11-9-23-19-33(24-6-4-3-5-7-24)31-29(23)22-8-10-25-26(18-22)39-17-16-38-25/h3-11,18-19,21H,2,12-17,20H2,1H3/b11-9+. The Morgan fingerprint density at radius 3 is 2.50 bits per heavy atom. The predicted octanol–water partition coefficient (Wildman–Crippen LogP) is 3.67. The maximum Gasteiger partial charge on any atom is 0.331 e. The molecular weight excluding hydrogens is 514 g/mol. The first-order chi connectivity index (χ1) is 19.5. The number of hydrogen-bond acceptors (Lipinski definition) is 8. The van der Waals surface area contributed by atoms with E-state index in [2.05, 4.69) is 0 Å². The van der Waals surface area contributed by atoms with Gasteiger partial charge >= 0.3 is 11.9 Å². The Morgan fingerprint density at radius 1 is 1.00 bits per heavy atom. The average molecular weight is 546 g/mol. The van der Waals surface area contributed by atoms with Gasteiger partial charge in [0.15, 0.2) is 18.1 Å². The molecule has 1 saturated heterocycles. The van der Waals surface area contributed by atoms with Gasteiger partial charge in [-0.15, -0.1) is 0 Å².